The van der Waals surface area contributed by atoms with Gasteiger partial charge in [-0.1, -0.05) is 33.6 Å². The molecule has 0 saturated heterocycles. The molecule has 1 fully saturated rings. The van der Waals surface area contributed by atoms with E-state index in [0.29, 0.717) is 11.3 Å². The number of nitrogens with one attached hydrogen (secondary N) is 1. The Bertz CT molecular complexity index is 220. The van der Waals surface area contributed by atoms with Crippen molar-refractivity contribution in [2.75, 3.05) is 12.3 Å². The van der Waals surface area contributed by atoms with Gasteiger partial charge in [0.1, 0.15) is 0 Å². The highest BCUT2D eigenvalue weighted by Gasteiger charge is 2.25. The summed E-state index contributed by atoms with van der Waals surface area (Å²) in [5, 5.41) is 3.89. The molecule has 1 aliphatic rings. The highest BCUT2D eigenvalue weighted by molar-refractivity contribution is 7.85. The molecule has 1 saturated carbocycles. The molecule has 0 radical (unpaired) electrons. The first kappa shape index (κ1) is 14.2. The lowest BCUT2D eigenvalue weighted by Crippen LogP contribution is -2.36. The third kappa shape index (κ3) is 4.54. The van der Waals surface area contributed by atoms with Crippen LogP contribution in [0.15, 0.2) is 0 Å². The van der Waals surface area contributed by atoms with E-state index in [0.717, 1.165) is 24.6 Å². The molecule has 3 heteroatoms. The van der Waals surface area contributed by atoms with E-state index < -0.39 is 10.8 Å². The van der Waals surface area contributed by atoms with E-state index in [9.17, 15) is 4.21 Å². The standard InChI is InChI=1S/C13H27NOS/c1-4-12(14-5-2)10-16(15)13-8-6-7-11(3)9-13/h11-14H,4-10H2,1-3H3. The molecule has 96 valence electrons. The summed E-state index contributed by atoms with van der Waals surface area (Å²) >= 11 is 0. The van der Waals surface area contributed by atoms with Crippen molar-refractivity contribution in [2.45, 2.75) is 64.2 Å². The zero-order valence-electron chi connectivity index (χ0n) is 11.0. The Kier molecular flexibility index (Phi) is 6.59. The number of hydrogen-bond donors (Lipinski definition) is 1. The van der Waals surface area contributed by atoms with Gasteiger partial charge in [0, 0.05) is 27.8 Å². The molecule has 0 amide bonds. The maximum Gasteiger partial charge on any atom is 0.0391 e. The van der Waals surface area contributed by atoms with Crippen molar-refractivity contribution in [1.82, 2.24) is 5.32 Å². The normalized spacial score (nSPS) is 29.9. The van der Waals surface area contributed by atoms with E-state index in [1.165, 1.54) is 25.7 Å². The highest BCUT2D eigenvalue weighted by Crippen LogP contribution is 2.27. The average Bonchev–Trinajstić information content (AvgIpc) is 2.28. The van der Waals surface area contributed by atoms with Gasteiger partial charge in [0.05, 0.1) is 0 Å². The van der Waals surface area contributed by atoms with E-state index in [4.69, 9.17) is 0 Å². The summed E-state index contributed by atoms with van der Waals surface area (Å²) in [7, 11) is -0.621. The van der Waals surface area contributed by atoms with E-state index in [1.54, 1.807) is 0 Å². The lowest BCUT2D eigenvalue weighted by atomic mass is 9.91. The van der Waals surface area contributed by atoms with Gasteiger partial charge in [-0.3, -0.25) is 4.21 Å². The molecule has 2 nitrogen and oxygen atoms in total. The van der Waals surface area contributed by atoms with Gasteiger partial charge in [-0.15, -0.1) is 0 Å². The molecule has 1 N–H and O–H groups in total. The predicted octanol–water partition coefficient (Wildman–Crippen LogP) is 2.70. The first-order chi connectivity index (χ1) is 7.67. The lowest BCUT2D eigenvalue weighted by Gasteiger charge is -2.27. The molecule has 0 aromatic carbocycles. The summed E-state index contributed by atoms with van der Waals surface area (Å²) < 4.78 is 12.3. The SMILES string of the molecule is CCNC(CC)CS(=O)C1CCCC(C)C1. The minimum absolute atomic E-state index is 0.447. The molecular formula is C13H27NOS. The molecule has 0 heterocycles. The van der Waals surface area contributed by atoms with Crippen LogP contribution in [0.5, 0.6) is 0 Å². The Morgan fingerprint density at radius 3 is 2.69 bits per heavy atom. The summed E-state index contributed by atoms with van der Waals surface area (Å²) in [4.78, 5) is 0. The van der Waals surface area contributed by atoms with Gasteiger partial charge < -0.3 is 5.32 Å². The van der Waals surface area contributed by atoms with E-state index in [1.807, 2.05) is 0 Å². The van der Waals surface area contributed by atoms with E-state index >= 15 is 0 Å². The lowest BCUT2D eigenvalue weighted by molar-refractivity contribution is 0.388. The predicted molar refractivity (Wildman–Crippen MR) is 72.2 cm³/mol. The quantitative estimate of drug-likeness (QED) is 0.779. The average molecular weight is 245 g/mol. The van der Waals surface area contributed by atoms with Gasteiger partial charge in [0.15, 0.2) is 0 Å². The Balaban J connectivity index is 2.37. The summed E-state index contributed by atoms with van der Waals surface area (Å²) in [6.45, 7) is 7.57. The Hall–Kier alpha value is 0.110. The van der Waals surface area contributed by atoms with Gasteiger partial charge in [0.2, 0.25) is 0 Å². The minimum atomic E-state index is -0.621. The van der Waals surface area contributed by atoms with E-state index in [2.05, 4.69) is 26.1 Å². The maximum absolute atomic E-state index is 12.3. The summed E-state index contributed by atoms with van der Waals surface area (Å²) in [6.07, 6.45) is 6.05. The first-order valence-electron chi connectivity index (χ1n) is 6.77. The van der Waals surface area contributed by atoms with Crippen LogP contribution >= 0.6 is 0 Å². The van der Waals surface area contributed by atoms with Gasteiger partial charge >= 0.3 is 0 Å². The van der Waals surface area contributed by atoms with Crippen LogP contribution in [0.1, 0.15) is 52.9 Å². The molecule has 0 aromatic heterocycles. The zero-order valence-corrected chi connectivity index (χ0v) is 11.8. The van der Waals surface area contributed by atoms with Crippen molar-refractivity contribution in [1.29, 1.82) is 0 Å². The van der Waals surface area contributed by atoms with Crippen LogP contribution in [0.25, 0.3) is 0 Å². The first-order valence-corrected chi connectivity index (χ1v) is 8.16. The molecular weight excluding hydrogens is 218 g/mol. The van der Waals surface area contributed by atoms with Crippen molar-refractivity contribution in [3.05, 3.63) is 0 Å². The molecule has 0 aromatic rings. The second kappa shape index (κ2) is 7.44. The number of hydrogen-bond acceptors (Lipinski definition) is 2. The van der Waals surface area contributed by atoms with Crippen LogP contribution in [-0.2, 0) is 10.8 Å². The molecule has 1 rings (SSSR count). The maximum atomic E-state index is 12.3. The summed E-state index contributed by atoms with van der Waals surface area (Å²) in [5.74, 6) is 1.63. The minimum Gasteiger partial charge on any atom is -0.313 e. The molecule has 16 heavy (non-hydrogen) atoms. The fraction of sp³-hybridized carbons (Fsp3) is 1.00. The molecule has 4 unspecified atom stereocenters. The molecule has 0 bridgehead atoms. The summed E-state index contributed by atoms with van der Waals surface area (Å²) in [6, 6.07) is 0.447. The monoisotopic (exact) mass is 245 g/mol. The topological polar surface area (TPSA) is 29.1 Å². The molecule has 1 aliphatic carbocycles. The van der Waals surface area contributed by atoms with Crippen LogP contribution in [0.3, 0.4) is 0 Å². The van der Waals surface area contributed by atoms with E-state index in [-0.39, 0.29) is 0 Å². The van der Waals surface area contributed by atoms with Crippen LogP contribution in [0.2, 0.25) is 0 Å². The fourth-order valence-corrected chi connectivity index (χ4v) is 4.56. The molecule has 0 spiro atoms. The van der Waals surface area contributed by atoms with Crippen molar-refractivity contribution >= 4 is 10.8 Å². The van der Waals surface area contributed by atoms with Gasteiger partial charge in [-0.05, 0) is 31.7 Å². The van der Waals surface area contributed by atoms with Gasteiger partial charge in [0.25, 0.3) is 0 Å². The Labute approximate surface area is 103 Å². The summed E-state index contributed by atoms with van der Waals surface area (Å²) in [5.41, 5.74) is 0. The van der Waals surface area contributed by atoms with Crippen LogP contribution in [0.4, 0.5) is 0 Å². The fourth-order valence-electron chi connectivity index (χ4n) is 2.56. The molecule has 0 aliphatic heterocycles. The Morgan fingerprint density at radius 2 is 2.12 bits per heavy atom. The Morgan fingerprint density at radius 1 is 1.38 bits per heavy atom. The second-order valence-corrected chi connectivity index (χ2v) is 6.87. The third-order valence-corrected chi connectivity index (χ3v) is 5.51. The zero-order chi connectivity index (χ0) is 12.0. The van der Waals surface area contributed by atoms with Crippen molar-refractivity contribution in [3.63, 3.8) is 0 Å². The van der Waals surface area contributed by atoms with Crippen molar-refractivity contribution < 1.29 is 4.21 Å². The largest absolute Gasteiger partial charge is 0.313 e. The number of rotatable bonds is 6. The third-order valence-electron chi connectivity index (χ3n) is 3.61. The molecule has 4 atom stereocenters. The van der Waals surface area contributed by atoms with Gasteiger partial charge in [-0.25, -0.2) is 0 Å². The van der Waals surface area contributed by atoms with Gasteiger partial charge in [-0.2, -0.15) is 0 Å². The van der Waals surface area contributed by atoms with Crippen molar-refractivity contribution in [3.8, 4) is 0 Å². The smallest absolute Gasteiger partial charge is 0.0391 e. The van der Waals surface area contributed by atoms with Crippen LogP contribution in [0, 0.1) is 5.92 Å². The van der Waals surface area contributed by atoms with Crippen LogP contribution < -0.4 is 5.32 Å². The van der Waals surface area contributed by atoms with Crippen molar-refractivity contribution in [2.24, 2.45) is 5.92 Å². The second-order valence-electron chi connectivity index (χ2n) is 5.10. The van der Waals surface area contributed by atoms with Crippen LogP contribution in [-0.4, -0.2) is 27.8 Å². The highest BCUT2D eigenvalue weighted by atomic mass is 32.2.